The molecule has 1 aromatic rings. The monoisotopic (exact) mass is 296 g/mol. The summed E-state index contributed by atoms with van der Waals surface area (Å²) in [4.78, 5) is 2.31. The first-order chi connectivity index (χ1) is 10.00. The molecule has 1 heterocycles. The SMILES string of the molecule is CCCC1CN(Cc2cccc(F)c2F)C(C)(CC)CN1. The zero-order valence-electron chi connectivity index (χ0n) is 13.3. The lowest BCUT2D eigenvalue weighted by Crippen LogP contribution is -2.62. The fourth-order valence-electron chi connectivity index (χ4n) is 3.05. The summed E-state index contributed by atoms with van der Waals surface area (Å²) in [7, 11) is 0. The number of halogens is 2. The number of rotatable bonds is 5. The van der Waals surface area contributed by atoms with Crippen molar-refractivity contribution in [2.45, 2.75) is 58.2 Å². The molecule has 1 aromatic carbocycles. The van der Waals surface area contributed by atoms with Gasteiger partial charge in [-0.05, 0) is 25.8 Å². The van der Waals surface area contributed by atoms with Gasteiger partial charge in [0.25, 0.3) is 0 Å². The van der Waals surface area contributed by atoms with Gasteiger partial charge < -0.3 is 5.32 Å². The van der Waals surface area contributed by atoms with Gasteiger partial charge in [0.2, 0.25) is 0 Å². The van der Waals surface area contributed by atoms with Crippen LogP contribution in [0.25, 0.3) is 0 Å². The van der Waals surface area contributed by atoms with Crippen molar-refractivity contribution in [3.63, 3.8) is 0 Å². The van der Waals surface area contributed by atoms with E-state index in [2.05, 4.69) is 31.0 Å². The van der Waals surface area contributed by atoms with Crippen LogP contribution in [0.3, 0.4) is 0 Å². The third-order valence-electron chi connectivity index (χ3n) is 4.77. The maximum Gasteiger partial charge on any atom is 0.163 e. The predicted molar refractivity (Wildman–Crippen MR) is 82.2 cm³/mol. The van der Waals surface area contributed by atoms with Gasteiger partial charge in [-0.3, -0.25) is 4.90 Å². The highest BCUT2D eigenvalue weighted by atomic mass is 19.2. The smallest absolute Gasteiger partial charge is 0.163 e. The number of hydrogen-bond acceptors (Lipinski definition) is 2. The molecule has 1 saturated heterocycles. The molecule has 1 aliphatic rings. The molecule has 1 N–H and O–H groups in total. The lowest BCUT2D eigenvalue weighted by molar-refractivity contribution is 0.0386. The highest BCUT2D eigenvalue weighted by Gasteiger charge is 2.36. The van der Waals surface area contributed by atoms with Crippen molar-refractivity contribution in [1.82, 2.24) is 10.2 Å². The Morgan fingerprint density at radius 3 is 2.76 bits per heavy atom. The molecule has 0 bridgehead atoms. The summed E-state index contributed by atoms with van der Waals surface area (Å²) in [6.45, 7) is 8.76. The molecule has 2 atom stereocenters. The van der Waals surface area contributed by atoms with Crippen molar-refractivity contribution in [1.29, 1.82) is 0 Å². The average Bonchev–Trinajstić information content (AvgIpc) is 2.48. The van der Waals surface area contributed by atoms with Crippen LogP contribution < -0.4 is 5.32 Å². The molecule has 0 amide bonds. The van der Waals surface area contributed by atoms with Crippen LogP contribution in [0.15, 0.2) is 18.2 Å². The van der Waals surface area contributed by atoms with E-state index in [-0.39, 0.29) is 5.54 Å². The third-order valence-corrected chi connectivity index (χ3v) is 4.77. The lowest BCUT2D eigenvalue weighted by Gasteiger charge is -2.48. The minimum absolute atomic E-state index is 0.0109. The number of nitrogens with one attached hydrogen (secondary N) is 1. The van der Waals surface area contributed by atoms with Gasteiger partial charge in [0.1, 0.15) is 0 Å². The first kappa shape index (κ1) is 16.4. The molecule has 1 fully saturated rings. The molecule has 0 radical (unpaired) electrons. The van der Waals surface area contributed by atoms with Crippen LogP contribution in [0.1, 0.15) is 45.6 Å². The maximum atomic E-state index is 13.9. The van der Waals surface area contributed by atoms with Gasteiger partial charge in [0.15, 0.2) is 11.6 Å². The minimum Gasteiger partial charge on any atom is -0.311 e. The van der Waals surface area contributed by atoms with E-state index >= 15 is 0 Å². The van der Waals surface area contributed by atoms with Crippen molar-refractivity contribution in [3.05, 3.63) is 35.4 Å². The number of hydrogen-bond donors (Lipinski definition) is 1. The largest absolute Gasteiger partial charge is 0.311 e. The Hall–Kier alpha value is -1.00. The molecular formula is C17H26F2N2. The van der Waals surface area contributed by atoms with Crippen LogP contribution in [0, 0.1) is 11.6 Å². The molecule has 2 rings (SSSR count). The van der Waals surface area contributed by atoms with Gasteiger partial charge in [0.05, 0.1) is 0 Å². The van der Waals surface area contributed by atoms with Crippen molar-refractivity contribution in [2.75, 3.05) is 13.1 Å². The number of piperazine rings is 1. The van der Waals surface area contributed by atoms with E-state index in [0.717, 1.165) is 32.4 Å². The summed E-state index contributed by atoms with van der Waals surface area (Å²) in [5, 5.41) is 3.59. The minimum atomic E-state index is -0.758. The summed E-state index contributed by atoms with van der Waals surface area (Å²) in [6, 6.07) is 4.88. The zero-order valence-corrected chi connectivity index (χ0v) is 13.3. The van der Waals surface area contributed by atoms with Gasteiger partial charge in [-0.25, -0.2) is 8.78 Å². The van der Waals surface area contributed by atoms with Crippen LogP contribution in [0.4, 0.5) is 8.78 Å². The number of nitrogens with zero attached hydrogens (tertiary/aromatic N) is 1. The lowest BCUT2D eigenvalue weighted by atomic mass is 9.90. The molecule has 0 aromatic heterocycles. The second kappa shape index (κ2) is 6.84. The summed E-state index contributed by atoms with van der Waals surface area (Å²) in [5.41, 5.74) is 0.440. The molecule has 2 nitrogen and oxygen atoms in total. The highest BCUT2D eigenvalue weighted by Crippen LogP contribution is 2.27. The molecule has 0 saturated carbocycles. The second-order valence-electron chi connectivity index (χ2n) is 6.31. The Bertz CT molecular complexity index is 478. The van der Waals surface area contributed by atoms with Crippen LogP contribution in [-0.4, -0.2) is 29.6 Å². The normalized spacial score (nSPS) is 27.0. The fourth-order valence-corrected chi connectivity index (χ4v) is 3.05. The van der Waals surface area contributed by atoms with E-state index in [1.807, 2.05) is 0 Å². The summed E-state index contributed by atoms with van der Waals surface area (Å²) in [6.07, 6.45) is 3.22. The Morgan fingerprint density at radius 1 is 1.33 bits per heavy atom. The van der Waals surface area contributed by atoms with Gasteiger partial charge in [0, 0.05) is 36.8 Å². The topological polar surface area (TPSA) is 15.3 Å². The van der Waals surface area contributed by atoms with Crippen LogP contribution in [-0.2, 0) is 6.54 Å². The van der Waals surface area contributed by atoms with Crippen LogP contribution in [0.2, 0.25) is 0 Å². The maximum absolute atomic E-state index is 13.9. The van der Waals surface area contributed by atoms with Crippen molar-refractivity contribution in [3.8, 4) is 0 Å². The number of benzene rings is 1. The predicted octanol–water partition coefficient (Wildman–Crippen LogP) is 3.71. The van der Waals surface area contributed by atoms with Crippen LogP contribution in [0.5, 0.6) is 0 Å². The average molecular weight is 296 g/mol. The van der Waals surface area contributed by atoms with E-state index in [1.54, 1.807) is 12.1 Å². The Balaban J connectivity index is 2.18. The highest BCUT2D eigenvalue weighted by molar-refractivity contribution is 5.19. The van der Waals surface area contributed by atoms with Gasteiger partial charge >= 0.3 is 0 Å². The Labute approximate surface area is 126 Å². The second-order valence-corrected chi connectivity index (χ2v) is 6.31. The van der Waals surface area contributed by atoms with Crippen molar-refractivity contribution >= 4 is 0 Å². The van der Waals surface area contributed by atoms with Crippen molar-refractivity contribution < 1.29 is 8.78 Å². The molecular weight excluding hydrogens is 270 g/mol. The van der Waals surface area contributed by atoms with Crippen molar-refractivity contribution in [2.24, 2.45) is 0 Å². The van der Waals surface area contributed by atoms with Gasteiger partial charge in [-0.15, -0.1) is 0 Å². The van der Waals surface area contributed by atoms with E-state index in [1.165, 1.54) is 6.07 Å². The zero-order chi connectivity index (χ0) is 15.5. The van der Waals surface area contributed by atoms with E-state index < -0.39 is 11.6 Å². The third kappa shape index (κ3) is 3.61. The quantitative estimate of drug-likeness (QED) is 0.891. The molecule has 0 aliphatic carbocycles. The standard InChI is InChI=1S/C17H26F2N2/c1-4-7-14-11-21(17(3,5-2)12-20-14)10-13-8-6-9-15(18)16(13)19/h6,8-9,14,20H,4-5,7,10-12H2,1-3H3. The van der Waals surface area contributed by atoms with E-state index in [4.69, 9.17) is 0 Å². The Kier molecular flexibility index (Phi) is 5.33. The van der Waals surface area contributed by atoms with E-state index in [9.17, 15) is 8.78 Å². The molecule has 1 aliphatic heterocycles. The Morgan fingerprint density at radius 2 is 2.10 bits per heavy atom. The van der Waals surface area contributed by atoms with Gasteiger partial charge in [-0.1, -0.05) is 32.4 Å². The summed E-state index contributed by atoms with van der Waals surface area (Å²) in [5.74, 6) is -1.47. The first-order valence-electron chi connectivity index (χ1n) is 7.91. The molecule has 2 unspecified atom stereocenters. The summed E-state index contributed by atoms with van der Waals surface area (Å²) < 4.78 is 27.3. The van der Waals surface area contributed by atoms with Crippen LogP contribution >= 0.6 is 0 Å². The molecule has 21 heavy (non-hydrogen) atoms. The van der Waals surface area contributed by atoms with E-state index in [0.29, 0.717) is 18.2 Å². The molecule has 0 spiro atoms. The van der Waals surface area contributed by atoms with Gasteiger partial charge in [-0.2, -0.15) is 0 Å². The molecule has 118 valence electrons. The first-order valence-corrected chi connectivity index (χ1v) is 7.91. The summed E-state index contributed by atoms with van der Waals surface area (Å²) >= 11 is 0. The molecule has 4 heteroatoms. The fraction of sp³-hybridized carbons (Fsp3) is 0.647.